The van der Waals surface area contributed by atoms with Gasteiger partial charge in [-0.2, -0.15) is 4.31 Å². The van der Waals surface area contributed by atoms with Crippen LogP contribution in [-0.4, -0.2) is 49.1 Å². The molecule has 42 heavy (non-hydrogen) atoms. The zero-order valence-electron chi connectivity index (χ0n) is 24.3. The molecule has 3 aromatic carbocycles. The second-order valence-corrected chi connectivity index (χ2v) is 13.1. The van der Waals surface area contributed by atoms with Crippen molar-refractivity contribution in [2.24, 2.45) is 5.92 Å². The summed E-state index contributed by atoms with van der Waals surface area (Å²) in [5.41, 5.74) is 2.21. The summed E-state index contributed by atoms with van der Waals surface area (Å²) < 4.78 is 40.9. The van der Waals surface area contributed by atoms with Gasteiger partial charge in [0.1, 0.15) is 11.9 Å². The molecule has 1 atom stereocenters. The lowest BCUT2D eigenvalue weighted by atomic mass is 10.0. The SMILES string of the molecule is CC(C)CCNC(=O)[C@@H](c1ccccc1)N(Cc1ccc(F)cc1)C(=O)CCc1ccc(S(=O)(=O)N2CCCC2)cc1. The fraction of sp³-hybridized carbons (Fsp3) is 0.394. The molecule has 0 bridgehead atoms. The van der Waals surface area contributed by atoms with E-state index in [1.807, 2.05) is 30.3 Å². The molecule has 7 nitrogen and oxygen atoms in total. The first-order chi connectivity index (χ1) is 20.1. The Hall–Kier alpha value is -3.56. The number of aryl methyl sites for hydroxylation is 1. The van der Waals surface area contributed by atoms with E-state index in [0.717, 1.165) is 24.8 Å². The molecule has 1 aliphatic heterocycles. The Labute approximate surface area is 248 Å². The van der Waals surface area contributed by atoms with Crippen molar-refractivity contribution >= 4 is 21.8 Å². The summed E-state index contributed by atoms with van der Waals surface area (Å²) in [6, 6.07) is 20.9. The van der Waals surface area contributed by atoms with Gasteiger partial charge < -0.3 is 10.2 Å². The van der Waals surface area contributed by atoms with Crippen molar-refractivity contribution in [3.8, 4) is 0 Å². The molecule has 0 saturated carbocycles. The van der Waals surface area contributed by atoms with Gasteiger partial charge in [0.05, 0.1) is 4.90 Å². The summed E-state index contributed by atoms with van der Waals surface area (Å²) in [7, 11) is -3.52. The largest absolute Gasteiger partial charge is 0.354 e. The maximum Gasteiger partial charge on any atom is 0.247 e. The number of sulfonamides is 1. The third kappa shape index (κ3) is 8.26. The molecule has 224 valence electrons. The molecule has 9 heteroatoms. The van der Waals surface area contributed by atoms with Crippen LogP contribution in [0.15, 0.2) is 83.8 Å². The van der Waals surface area contributed by atoms with Crippen molar-refractivity contribution in [3.05, 3.63) is 101 Å². The van der Waals surface area contributed by atoms with E-state index in [-0.39, 0.29) is 35.5 Å². The van der Waals surface area contributed by atoms with E-state index in [2.05, 4.69) is 19.2 Å². The maximum absolute atomic E-state index is 13.9. The highest BCUT2D eigenvalue weighted by Gasteiger charge is 2.31. The molecule has 1 saturated heterocycles. The summed E-state index contributed by atoms with van der Waals surface area (Å²) in [6.07, 6.45) is 3.03. The number of amides is 2. The Morgan fingerprint density at radius 1 is 0.905 bits per heavy atom. The van der Waals surface area contributed by atoms with Gasteiger partial charge in [-0.25, -0.2) is 12.8 Å². The number of nitrogens with zero attached hydrogens (tertiary/aromatic N) is 2. The molecular weight excluding hydrogens is 553 g/mol. The monoisotopic (exact) mass is 593 g/mol. The lowest BCUT2D eigenvalue weighted by Crippen LogP contribution is -2.43. The zero-order chi connectivity index (χ0) is 30.1. The van der Waals surface area contributed by atoms with Crippen molar-refractivity contribution in [1.29, 1.82) is 0 Å². The van der Waals surface area contributed by atoms with E-state index in [9.17, 15) is 22.4 Å². The van der Waals surface area contributed by atoms with Crippen LogP contribution in [0.3, 0.4) is 0 Å². The zero-order valence-corrected chi connectivity index (χ0v) is 25.2. The fourth-order valence-corrected chi connectivity index (χ4v) is 6.62. The van der Waals surface area contributed by atoms with Gasteiger partial charge in [-0.15, -0.1) is 0 Å². The topological polar surface area (TPSA) is 86.8 Å². The van der Waals surface area contributed by atoms with Gasteiger partial charge in [0.25, 0.3) is 0 Å². The number of halogens is 1. The molecule has 1 N–H and O–H groups in total. The number of nitrogens with one attached hydrogen (secondary N) is 1. The minimum absolute atomic E-state index is 0.113. The standard InChI is InChI=1S/C33H40FN3O4S/c1-25(2)20-21-35-33(39)32(28-8-4-3-5-9-28)37(24-27-10-15-29(34)16-11-27)31(38)19-14-26-12-17-30(18-13-26)42(40,41)36-22-6-7-23-36/h3-5,8-13,15-18,25,32H,6-7,14,19-24H2,1-2H3,(H,35,39)/t32-/m1/s1. The van der Waals surface area contributed by atoms with E-state index in [0.29, 0.717) is 43.1 Å². The number of hydrogen-bond donors (Lipinski definition) is 1. The van der Waals surface area contributed by atoms with E-state index < -0.39 is 16.1 Å². The smallest absolute Gasteiger partial charge is 0.247 e. The summed E-state index contributed by atoms with van der Waals surface area (Å²) in [5, 5.41) is 3.01. The number of carbonyl (C=O) groups excluding carboxylic acids is 2. The first-order valence-electron chi connectivity index (χ1n) is 14.6. The van der Waals surface area contributed by atoms with Gasteiger partial charge in [-0.3, -0.25) is 9.59 Å². The summed E-state index contributed by atoms with van der Waals surface area (Å²) in [4.78, 5) is 29.3. The highest BCUT2D eigenvalue weighted by atomic mass is 32.2. The normalized spacial score (nSPS) is 14.6. The number of hydrogen-bond acceptors (Lipinski definition) is 4. The quantitative estimate of drug-likeness (QED) is 0.285. The Balaban J connectivity index is 1.55. The summed E-state index contributed by atoms with van der Waals surface area (Å²) >= 11 is 0. The van der Waals surface area contributed by atoms with E-state index in [4.69, 9.17) is 0 Å². The minimum atomic E-state index is -3.52. The van der Waals surface area contributed by atoms with Crippen LogP contribution in [0.1, 0.15) is 62.3 Å². The van der Waals surface area contributed by atoms with Gasteiger partial charge in [0.15, 0.2) is 0 Å². The van der Waals surface area contributed by atoms with Crippen LogP contribution in [0, 0.1) is 11.7 Å². The molecule has 0 radical (unpaired) electrons. The number of rotatable bonds is 13. The van der Waals surface area contributed by atoms with Crippen LogP contribution in [0.4, 0.5) is 4.39 Å². The molecule has 2 amide bonds. The van der Waals surface area contributed by atoms with Crippen molar-refractivity contribution in [2.75, 3.05) is 19.6 Å². The number of benzene rings is 3. The van der Waals surface area contributed by atoms with Crippen LogP contribution >= 0.6 is 0 Å². The third-order valence-electron chi connectivity index (χ3n) is 7.54. The first kappa shape index (κ1) is 31.4. The van der Waals surface area contributed by atoms with Crippen molar-refractivity contribution in [2.45, 2.75) is 63.4 Å². The molecule has 0 spiro atoms. The van der Waals surface area contributed by atoms with E-state index in [1.54, 1.807) is 41.3 Å². The summed E-state index contributed by atoms with van der Waals surface area (Å²) in [5.74, 6) is -0.471. The molecule has 3 aromatic rings. The van der Waals surface area contributed by atoms with Crippen LogP contribution < -0.4 is 5.32 Å². The second-order valence-electron chi connectivity index (χ2n) is 11.2. The van der Waals surface area contributed by atoms with Crippen molar-refractivity contribution in [3.63, 3.8) is 0 Å². The van der Waals surface area contributed by atoms with E-state index >= 15 is 0 Å². The van der Waals surface area contributed by atoms with Crippen LogP contribution in [0.2, 0.25) is 0 Å². The van der Waals surface area contributed by atoms with Crippen LogP contribution in [-0.2, 0) is 32.6 Å². The Bertz CT molecular complexity index is 1420. The molecular formula is C33H40FN3O4S. The molecule has 1 aliphatic rings. The summed E-state index contributed by atoms with van der Waals surface area (Å²) in [6.45, 7) is 5.86. The van der Waals surface area contributed by atoms with Gasteiger partial charge in [0.2, 0.25) is 21.8 Å². The molecule has 0 aromatic heterocycles. The fourth-order valence-electron chi connectivity index (χ4n) is 5.10. The van der Waals surface area contributed by atoms with Crippen LogP contribution in [0.5, 0.6) is 0 Å². The lowest BCUT2D eigenvalue weighted by Gasteiger charge is -2.32. The average molecular weight is 594 g/mol. The Morgan fingerprint density at radius 3 is 2.14 bits per heavy atom. The minimum Gasteiger partial charge on any atom is -0.354 e. The Morgan fingerprint density at radius 2 is 1.52 bits per heavy atom. The molecule has 4 rings (SSSR count). The Kier molecular flexibility index (Phi) is 10.9. The predicted octanol–water partition coefficient (Wildman–Crippen LogP) is 5.48. The highest BCUT2D eigenvalue weighted by molar-refractivity contribution is 7.89. The van der Waals surface area contributed by atoms with Gasteiger partial charge in [0, 0.05) is 32.6 Å². The maximum atomic E-state index is 13.9. The molecule has 0 aliphatic carbocycles. The van der Waals surface area contributed by atoms with Crippen molar-refractivity contribution in [1.82, 2.24) is 14.5 Å². The van der Waals surface area contributed by atoms with E-state index in [1.165, 1.54) is 16.4 Å². The van der Waals surface area contributed by atoms with Gasteiger partial charge in [-0.1, -0.05) is 68.4 Å². The van der Waals surface area contributed by atoms with Crippen LogP contribution in [0.25, 0.3) is 0 Å². The molecule has 1 heterocycles. The highest BCUT2D eigenvalue weighted by Crippen LogP contribution is 2.26. The predicted molar refractivity (Wildman–Crippen MR) is 161 cm³/mol. The third-order valence-corrected chi connectivity index (χ3v) is 9.45. The first-order valence-corrected chi connectivity index (χ1v) is 16.0. The average Bonchev–Trinajstić information content (AvgIpc) is 3.54. The molecule has 0 unspecified atom stereocenters. The molecule has 1 fully saturated rings. The lowest BCUT2D eigenvalue weighted by molar-refractivity contribution is -0.141. The second kappa shape index (κ2) is 14.6. The van der Waals surface area contributed by atoms with Gasteiger partial charge >= 0.3 is 0 Å². The van der Waals surface area contributed by atoms with Crippen molar-refractivity contribution < 1.29 is 22.4 Å². The number of carbonyl (C=O) groups is 2. The van der Waals surface area contributed by atoms with Gasteiger partial charge in [-0.05, 0) is 72.6 Å².